The highest BCUT2D eigenvalue weighted by Gasteiger charge is 2.27. The van der Waals surface area contributed by atoms with Gasteiger partial charge in [0.2, 0.25) is 15.9 Å². The number of rotatable bonds is 6. The van der Waals surface area contributed by atoms with Gasteiger partial charge in [-0.05, 0) is 30.4 Å². The van der Waals surface area contributed by atoms with E-state index in [2.05, 4.69) is 4.72 Å². The number of carbonyl (C=O) groups is 1. The first-order chi connectivity index (χ1) is 11.1. The molecule has 0 spiro atoms. The van der Waals surface area contributed by atoms with Crippen LogP contribution in [0.25, 0.3) is 0 Å². The summed E-state index contributed by atoms with van der Waals surface area (Å²) in [5.41, 5.74) is 1.89. The van der Waals surface area contributed by atoms with Gasteiger partial charge in [-0.1, -0.05) is 18.2 Å². The number of benzene rings is 1. The van der Waals surface area contributed by atoms with Gasteiger partial charge in [0.15, 0.2) is 0 Å². The second kappa shape index (κ2) is 6.98. The van der Waals surface area contributed by atoms with Crippen LogP contribution in [-0.2, 0) is 26.0 Å². The van der Waals surface area contributed by atoms with Crippen molar-refractivity contribution in [2.75, 3.05) is 37.0 Å². The maximum Gasteiger partial charge on any atom is 0.231 e. The van der Waals surface area contributed by atoms with Gasteiger partial charge in [-0.2, -0.15) is 0 Å². The summed E-state index contributed by atoms with van der Waals surface area (Å²) in [7, 11) is -3.31. The summed E-state index contributed by atoms with van der Waals surface area (Å²) >= 11 is 0. The summed E-state index contributed by atoms with van der Waals surface area (Å²) in [5, 5.41) is 0. The highest BCUT2D eigenvalue weighted by Crippen LogP contribution is 2.27. The molecule has 6 nitrogen and oxygen atoms in total. The lowest BCUT2D eigenvalue weighted by Gasteiger charge is -2.22. The second-order valence-electron chi connectivity index (χ2n) is 6.08. The van der Waals surface area contributed by atoms with E-state index in [9.17, 15) is 13.2 Å². The third kappa shape index (κ3) is 4.10. The normalized spacial score (nSPS) is 19.1. The van der Waals surface area contributed by atoms with Gasteiger partial charge >= 0.3 is 0 Å². The molecule has 1 amide bonds. The van der Waals surface area contributed by atoms with Crippen molar-refractivity contribution in [1.82, 2.24) is 4.72 Å². The van der Waals surface area contributed by atoms with Gasteiger partial charge in [-0.15, -0.1) is 0 Å². The van der Waals surface area contributed by atoms with Crippen molar-refractivity contribution in [1.29, 1.82) is 0 Å². The fourth-order valence-corrected chi connectivity index (χ4v) is 4.63. The topological polar surface area (TPSA) is 75.7 Å². The van der Waals surface area contributed by atoms with Crippen LogP contribution in [0.3, 0.4) is 0 Å². The van der Waals surface area contributed by atoms with Crippen molar-refractivity contribution >= 4 is 21.6 Å². The predicted molar refractivity (Wildman–Crippen MR) is 87.8 cm³/mol. The number of ether oxygens (including phenoxy) is 1. The minimum absolute atomic E-state index is 0.0230. The molecular weight excluding hydrogens is 316 g/mol. The molecule has 23 heavy (non-hydrogen) atoms. The molecular formula is C16H22N2O4S. The number of anilines is 1. The lowest BCUT2D eigenvalue weighted by atomic mass is 10.0. The molecule has 0 aliphatic carbocycles. The Morgan fingerprint density at radius 3 is 2.74 bits per heavy atom. The van der Waals surface area contributed by atoms with E-state index < -0.39 is 10.0 Å². The summed E-state index contributed by atoms with van der Waals surface area (Å²) in [6.07, 6.45) is 1.97. The molecule has 126 valence electrons. The number of hydrogen-bond donors (Lipinski definition) is 1. The van der Waals surface area contributed by atoms with Crippen molar-refractivity contribution in [2.45, 2.75) is 19.3 Å². The first-order valence-electron chi connectivity index (χ1n) is 7.98. The van der Waals surface area contributed by atoms with E-state index in [0.717, 1.165) is 24.1 Å². The van der Waals surface area contributed by atoms with Gasteiger partial charge in [0, 0.05) is 32.0 Å². The molecule has 1 aromatic carbocycles. The van der Waals surface area contributed by atoms with Crippen LogP contribution in [0.15, 0.2) is 24.3 Å². The van der Waals surface area contributed by atoms with Crippen LogP contribution in [0.5, 0.6) is 0 Å². The number of para-hydroxylation sites is 1. The van der Waals surface area contributed by atoms with Gasteiger partial charge in [-0.3, -0.25) is 4.79 Å². The van der Waals surface area contributed by atoms with Crippen LogP contribution >= 0.6 is 0 Å². The molecule has 7 heteroatoms. The fourth-order valence-electron chi connectivity index (χ4n) is 3.16. The van der Waals surface area contributed by atoms with Crippen molar-refractivity contribution < 1.29 is 17.9 Å². The Hall–Kier alpha value is -1.44. The molecule has 2 aliphatic rings. The molecule has 0 bridgehead atoms. The maximum absolute atomic E-state index is 12.1. The molecule has 0 aromatic heterocycles. The molecule has 2 aliphatic heterocycles. The van der Waals surface area contributed by atoms with Crippen molar-refractivity contribution in [3.05, 3.63) is 29.8 Å². The quantitative estimate of drug-likeness (QED) is 0.837. The Kier molecular flexibility index (Phi) is 4.99. The molecule has 1 saturated heterocycles. The average molecular weight is 338 g/mol. The molecule has 0 radical (unpaired) electrons. The molecule has 1 aromatic rings. The molecule has 1 fully saturated rings. The van der Waals surface area contributed by atoms with Crippen LogP contribution in [0.2, 0.25) is 0 Å². The number of sulfonamides is 1. The molecule has 0 saturated carbocycles. The second-order valence-corrected chi connectivity index (χ2v) is 7.93. The molecule has 1 N–H and O–H groups in total. The maximum atomic E-state index is 12.1. The zero-order chi connectivity index (χ0) is 16.3. The summed E-state index contributed by atoms with van der Waals surface area (Å²) in [6, 6.07) is 7.63. The molecule has 2 heterocycles. The smallest absolute Gasteiger partial charge is 0.231 e. The number of nitrogens with one attached hydrogen (secondary N) is 1. The lowest BCUT2D eigenvalue weighted by molar-refractivity contribution is -0.117. The number of carbonyl (C=O) groups excluding carboxylic acids is 1. The van der Waals surface area contributed by atoms with Gasteiger partial charge in [-0.25, -0.2) is 13.1 Å². The lowest BCUT2D eigenvalue weighted by Crippen LogP contribution is -2.39. The molecule has 3 rings (SSSR count). The average Bonchev–Trinajstić information content (AvgIpc) is 2.84. The summed E-state index contributed by atoms with van der Waals surface area (Å²) in [5.74, 6) is 0.325. The van der Waals surface area contributed by atoms with Crippen LogP contribution in [0.4, 0.5) is 5.69 Å². The van der Waals surface area contributed by atoms with E-state index >= 15 is 0 Å². The standard InChI is InChI=1S/C16H22N2O4S/c19-16-11-14-3-1-2-4-15(14)18(16)8-7-17-23(20,21)12-13-5-9-22-10-6-13/h1-4,13,17H,5-12H2. The van der Waals surface area contributed by atoms with Crippen LogP contribution < -0.4 is 9.62 Å². The highest BCUT2D eigenvalue weighted by molar-refractivity contribution is 7.89. The van der Waals surface area contributed by atoms with Crippen LogP contribution in [0, 0.1) is 5.92 Å². The van der Waals surface area contributed by atoms with E-state index in [-0.39, 0.29) is 24.1 Å². The van der Waals surface area contributed by atoms with Crippen LogP contribution in [0.1, 0.15) is 18.4 Å². The number of amides is 1. The van der Waals surface area contributed by atoms with Crippen molar-refractivity contribution in [3.8, 4) is 0 Å². The van der Waals surface area contributed by atoms with Crippen molar-refractivity contribution in [3.63, 3.8) is 0 Å². The van der Waals surface area contributed by atoms with Gasteiger partial charge in [0.1, 0.15) is 0 Å². The third-order valence-corrected chi connectivity index (χ3v) is 5.93. The van der Waals surface area contributed by atoms with E-state index in [1.54, 1.807) is 4.90 Å². The fraction of sp³-hybridized carbons (Fsp3) is 0.562. The largest absolute Gasteiger partial charge is 0.381 e. The Labute approximate surface area is 136 Å². The Bertz CT molecular complexity index is 668. The van der Waals surface area contributed by atoms with Crippen molar-refractivity contribution in [2.24, 2.45) is 5.92 Å². The number of hydrogen-bond acceptors (Lipinski definition) is 4. The van der Waals surface area contributed by atoms with Crippen LogP contribution in [-0.4, -0.2) is 46.4 Å². The zero-order valence-corrected chi connectivity index (χ0v) is 13.8. The molecule has 0 unspecified atom stereocenters. The third-order valence-electron chi connectivity index (χ3n) is 4.38. The first-order valence-corrected chi connectivity index (χ1v) is 9.64. The van der Waals surface area contributed by atoms with E-state index in [1.807, 2.05) is 24.3 Å². The van der Waals surface area contributed by atoms with E-state index in [1.165, 1.54) is 0 Å². The summed E-state index contributed by atoms with van der Waals surface area (Å²) in [6.45, 7) is 1.88. The van der Waals surface area contributed by atoms with E-state index in [0.29, 0.717) is 26.2 Å². The Balaban J connectivity index is 1.52. The van der Waals surface area contributed by atoms with Gasteiger partial charge in [0.25, 0.3) is 0 Å². The number of fused-ring (bicyclic) bond motifs is 1. The van der Waals surface area contributed by atoms with E-state index in [4.69, 9.17) is 4.74 Å². The minimum Gasteiger partial charge on any atom is -0.381 e. The first kappa shape index (κ1) is 16.4. The molecule has 0 atom stereocenters. The minimum atomic E-state index is -3.31. The highest BCUT2D eigenvalue weighted by atomic mass is 32.2. The Morgan fingerprint density at radius 2 is 1.96 bits per heavy atom. The number of nitrogens with zero attached hydrogens (tertiary/aromatic N) is 1. The van der Waals surface area contributed by atoms with Gasteiger partial charge in [0.05, 0.1) is 12.2 Å². The van der Waals surface area contributed by atoms with Gasteiger partial charge < -0.3 is 9.64 Å². The zero-order valence-electron chi connectivity index (χ0n) is 13.0. The summed E-state index contributed by atoms with van der Waals surface area (Å²) in [4.78, 5) is 13.7. The monoisotopic (exact) mass is 338 g/mol. The SMILES string of the molecule is O=C1Cc2ccccc2N1CCNS(=O)(=O)CC1CCOCC1. The predicted octanol–water partition coefficient (Wildman–Crippen LogP) is 0.922. The summed E-state index contributed by atoms with van der Waals surface area (Å²) < 4.78 is 32.2. The Morgan fingerprint density at radius 1 is 1.22 bits per heavy atom.